The molecule has 1 aliphatic carbocycles. The van der Waals surface area contributed by atoms with E-state index in [-0.39, 0.29) is 17.3 Å². The zero-order valence-electron chi connectivity index (χ0n) is 20.6. The van der Waals surface area contributed by atoms with Crippen molar-refractivity contribution in [3.63, 3.8) is 0 Å². The predicted octanol–water partition coefficient (Wildman–Crippen LogP) is 7.31. The van der Waals surface area contributed by atoms with E-state index in [1.807, 2.05) is 53.5 Å². The Morgan fingerprint density at radius 1 is 0.744 bits per heavy atom. The van der Waals surface area contributed by atoms with Crippen LogP contribution in [0.1, 0.15) is 48.1 Å². The van der Waals surface area contributed by atoms with Crippen LogP contribution in [0.25, 0.3) is 6.08 Å². The van der Waals surface area contributed by atoms with Gasteiger partial charge in [0.25, 0.3) is 0 Å². The number of fused-ring (bicyclic) bond motifs is 5. The highest BCUT2D eigenvalue weighted by molar-refractivity contribution is 6.34. The Morgan fingerprint density at radius 2 is 1.36 bits per heavy atom. The van der Waals surface area contributed by atoms with Crippen LogP contribution < -0.4 is 4.90 Å². The van der Waals surface area contributed by atoms with E-state index in [1.54, 1.807) is 60.7 Å². The number of hydrogen-bond acceptors (Lipinski definition) is 4. The number of hydrogen-bond donors (Lipinski definition) is 0. The largest absolute Gasteiger partial charge is 0.352 e. The summed E-state index contributed by atoms with van der Waals surface area (Å²) in [5.41, 5.74) is 1.93. The van der Waals surface area contributed by atoms with Crippen molar-refractivity contribution in [3.8, 4) is 0 Å². The molecule has 1 fully saturated rings. The maximum Gasteiger partial charge on any atom is 0.185 e. The van der Waals surface area contributed by atoms with E-state index in [4.69, 9.17) is 23.2 Å². The standard InChI is InChI=1S/C33H21Cl2NO3/c34-21-16-13-20(14-17-21)30(37)29-28(24-10-4-5-11-25(24)35)33(31(38)22-8-2-3-9-23(22)32(33)39)27-18-15-19-7-1-6-12-26(19)36(27)29/h1-18,27-29H/t27?,28-,29+/m1/s1. The summed E-state index contributed by atoms with van der Waals surface area (Å²) < 4.78 is 0. The quantitative estimate of drug-likeness (QED) is 0.198. The second-order valence-corrected chi connectivity index (χ2v) is 11.0. The molecule has 0 saturated carbocycles. The summed E-state index contributed by atoms with van der Waals surface area (Å²) >= 11 is 13.0. The predicted molar refractivity (Wildman–Crippen MR) is 153 cm³/mol. The van der Waals surface area contributed by atoms with Crippen molar-refractivity contribution in [2.24, 2.45) is 5.41 Å². The third-order valence-corrected chi connectivity index (χ3v) is 8.95. The van der Waals surface area contributed by atoms with E-state index < -0.39 is 23.4 Å². The molecule has 0 aromatic heterocycles. The van der Waals surface area contributed by atoms with Gasteiger partial charge in [-0.1, -0.05) is 96.0 Å². The Balaban J connectivity index is 1.56. The van der Waals surface area contributed by atoms with Gasteiger partial charge in [0.2, 0.25) is 0 Å². The van der Waals surface area contributed by atoms with Crippen LogP contribution >= 0.6 is 23.2 Å². The third-order valence-electron chi connectivity index (χ3n) is 8.35. The molecular formula is C33H21Cl2NO3. The first kappa shape index (κ1) is 24.1. The number of anilines is 1. The molecule has 4 aromatic rings. The zero-order chi connectivity index (χ0) is 26.9. The maximum absolute atomic E-state index is 14.6. The van der Waals surface area contributed by atoms with Gasteiger partial charge in [0, 0.05) is 38.3 Å². The highest BCUT2D eigenvalue weighted by Gasteiger charge is 2.71. The Hall–Kier alpha value is -3.99. The molecule has 2 heterocycles. The van der Waals surface area contributed by atoms with Gasteiger partial charge in [-0.15, -0.1) is 0 Å². The van der Waals surface area contributed by atoms with Crippen LogP contribution in [0.2, 0.25) is 10.0 Å². The number of halogens is 2. The van der Waals surface area contributed by atoms with Crippen LogP contribution in [0.5, 0.6) is 0 Å². The SMILES string of the molecule is O=C(c1ccc(Cl)cc1)[C@@H]1[C@@H](c2ccccc2Cl)C2(C(=O)c3ccccc3C2=O)C2C=Cc3ccccc3N21. The van der Waals surface area contributed by atoms with Gasteiger partial charge in [-0.05, 0) is 47.5 Å². The summed E-state index contributed by atoms with van der Waals surface area (Å²) in [5, 5.41) is 0.919. The summed E-state index contributed by atoms with van der Waals surface area (Å²) in [6.45, 7) is 0. The molecule has 6 heteroatoms. The number of benzene rings is 4. The summed E-state index contributed by atoms with van der Waals surface area (Å²) in [5.74, 6) is -1.61. The van der Waals surface area contributed by atoms with Crippen molar-refractivity contribution >= 4 is 52.3 Å². The van der Waals surface area contributed by atoms with Crippen molar-refractivity contribution in [3.05, 3.63) is 141 Å². The van der Waals surface area contributed by atoms with Crippen LogP contribution in [0.3, 0.4) is 0 Å². The number of rotatable bonds is 3. The van der Waals surface area contributed by atoms with Gasteiger partial charge < -0.3 is 4.90 Å². The minimum absolute atomic E-state index is 0.208. The third kappa shape index (κ3) is 3.22. The second-order valence-electron chi connectivity index (χ2n) is 10.2. The van der Waals surface area contributed by atoms with Crippen LogP contribution in [-0.2, 0) is 0 Å². The van der Waals surface area contributed by atoms with Crippen molar-refractivity contribution in [2.45, 2.75) is 18.0 Å². The zero-order valence-corrected chi connectivity index (χ0v) is 22.1. The maximum atomic E-state index is 14.6. The molecule has 0 amide bonds. The van der Waals surface area contributed by atoms with Gasteiger partial charge in [-0.25, -0.2) is 0 Å². The lowest BCUT2D eigenvalue weighted by Gasteiger charge is -2.37. The molecule has 0 bridgehead atoms. The van der Waals surface area contributed by atoms with E-state index in [9.17, 15) is 14.4 Å². The first-order valence-corrected chi connectivity index (χ1v) is 13.5. The van der Waals surface area contributed by atoms with E-state index >= 15 is 0 Å². The Labute approximate surface area is 235 Å². The summed E-state index contributed by atoms with van der Waals surface area (Å²) in [4.78, 5) is 45.7. The smallest absolute Gasteiger partial charge is 0.185 e. The van der Waals surface area contributed by atoms with Crippen LogP contribution in [0.4, 0.5) is 5.69 Å². The topological polar surface area (TPSA) is 54.5 Å². The lowest BCUT2D eigenvalue weighted by atomic mass is 9.64. The fourth-order valence-corrected chi connectivity index (χ4v) is 7.15. The van der Waals surface area contributed by atoms with Gasteiger partial charge >= 0.3 is 0 Å². The highest BCUT2D eigenvalue weighted by Crippen LogP contribution is 2.61. The van der Waals surface area contributed by atoms with Crippen molar-refractivity contribution in [1.29, 1.82) is 0 Å². The molecule has 1 unspecified atom stereocenters. The number of para-hydroxylation sites is 1. The second kappa shape index (κ2) is 8.77. The number of nitrogens with zero attached hydrogens (tertiary/aromatic N) is 1. The van der Waals surface area contributed by atoms with E-state index in [2.05, 4.69) is 0 Å². The monoisotopic (exact) mass is 549 g/mol. The molecule has 0 radical (unpaired) electrons. The number of Topliss-reactive ketones (excluding diaryl/α,β-unsaturated/α-hetero) is 3. The van der Waals surface area contributed by atoms with Crippen molar-refractivity contribution < 1.29 is 14.4 Å². The van der Waals surface area contributed by atoms with Crippen LogP contribution in [0, 0.1) is 5.41 Å². The molecule has 3 atom stereocenters. The van der Waals surface area contributed by atoms with Gasteiger partial charge in [0.1, 0.15) is 11.5 Å². The van der Waals surface area contributed by atoms with Gasteiger partial charge in [-0.2, -0.15) is 0 Å². The van der Waals surface area contributed by atoms with Crippen LogP contribution in [0.15, 0.2) is 103 Å². The van der Waals surface area contributed by atoms with Crippen molar-refractivity contribution in [1.82, 2.24) is 0 Å². The van der Waals surface area contributed by atoms with Crippen LogP contribution in [-0.4, -0.2) is 29.4 Å². The summed E-state index contributed by atoms with van der Waals surface area (Å²) in [7, 11) is 0. The minimum atomic E-state index is -1.58. The molecule has 0 N–H and O–H groups in total. The molecule has 7 rings (SSSR count). The first-order valence-electron chi connectivity index (χ1n) is 12.7. The average Bonchev–Trinajstić information content (AvgIpc) is 3.39. The molecule has 4 nitrogen and oxygen atoms in total. The van der Waals surface area contributed by atoms with E-state index in [1.165, 1.54) is 0 Å². The Bertz CT molecular complexity index is 1690. The van der Waals surface area contributed by atoms with Gasteiger partial charge in [0.05, 0.1) is 6.04 Å². The van der Waals surface area contributed by atoms with Crippen molar-refractivity contribution in [2.75, 3.05) is 4.90 Å². The Morgan fingerprint density at radius 3 is 2.05 bits per heavy atom. The fourth-order valence-electron chi connectivity index (χ4n) is 6.77. The van der Waals surface area contributed by atoms with Gasteiger partial charge in [-0.3, -0.25) is 14.4 Å². The molecule has 39 heavy (non-hydrogen) atoms. The normalized spacial score (nSPS) is 22.1. The molecule has 190 valence electrons. The lowest BCUT2D eigenvalue weighted by Crippen LogP contribution is -2.48. The number of carbonyl (C=O) groups is 3. The molecule has 3 aliphatic rings. The number of ketones is 3. The van der Waals surface area contributed by atoms with Gasteiger partial charge in [0.15, 0.2) is 17.3 Å². The summed E-state index contributed by atoms with van der Waals surface area (Å²) in [6.07, 6.45) is 3.85. The molecular weight excluding hydrogens is 529 g/mol. The lowest BCUT2D eigenvalue weighted by molar-refractivity contribution is 0.0666. The number of carbonyl (C=O) groups excluding carboxylic acids is 3. The Kier molecular flexibility index (Phi) is 5.41. The highest BCUT2D eigenvalue weighted by atomic mass is 35.5. The first-order chi connectivity index (χ1) is 18.9. The fraction of sp³-hybridized carbons (Fsp3) is 0.121. The summed E-state index contributed by atoms with van der Waals surface area (Å²) in [6, 6.07) is 27.0. The minimum Gasteiger partial charge on any atom is -0.352 e. The average molecular weight is 550 g/mol. The molecule has 1 saturated heterocycles. The van der Waals surface area contributed by atoms with E-state index in [0.29, 0.717) is 32.3 Å². The molecule has 1 spiro atoms. The van der Waals surface area contributed by atoms with E-state index in [0.717, 1.165) is 11.3 Å². The molecule has 2 aliphatic heterocycles. The molecule has 4 aromatic carbocycles.